The van der Waals surface area contributed by atoms with E-state index in [4.69, 9.17) is 9.47 Å². The van der Waals surface area contributed by atoms with Crippen LogP contribution in [0, 0.1) is 0 Å². The minimum atomic E-state index is -4.85. The van der Waals surface area contributed by atoms with Gasteiger partial charge >= 0.3 is 6.18 Å². The highest BCUT2D eigenvalue weighted by atomic mass is 19.4. The van der Waals surface area contributed by atoms with Gasteiger partial charge in [0, 0.05) is 17.5 Å². The van der Waals surface area contributed by atoms with Gasteiger partial charge in [0.2, 0.25) is 0 Å². The van der Waals surface area contributed by atoms with E-state index in [0.29, 0.717) is 17.4 Å². The summed E-state index contributed by atoms with van der Waals surface area (Å²) in [5.74, 6) is -3.16. The number of hydrogen-bond acceptors (Lipinski definition) is 3. The molecule has 1 N–H and O–H groups in total. The van der Waals surface area contributed by atoms with E-state index < -0.39 is 35.8 Å². The van der Waals surface area contributed by atoms with Gasteiger partial charge in [0.1, 0.15) is 24.2 Å². The summed E-state index contributed by atoms with van der Waals surface area (Å²) in [6, 6.07) is 8.40. The summed E-state index contributed by atoms with van der Waals surface area (Å²) in [5.41, 5.74) is -1.71. The zero-order valence-electron chi connectivity index (χ0n) is 13.6. The number of methoxy groups -OCH3 is 1. The Balaban J connectivity index is 1.92. The topological polar surface area (TPSA) is 38.7 Å². The van der Waals surface area contributed by atoms with Crippen LogP contribution in [0.1, 0.15) is 28.4 Å². The number of hydrogen-bond donors (Lipinski definition) is 1. The van der Waals surface area contributed by atoms with Gasteiger partial charge in [-0.2, -0.15) is 13.2 Å². The van der Waals surface area contributed by atoms with Crippen LogP contribution < -0.4 is 9.47 Å². The average molecular weight is 374 g/mol. The van der Waals surface area contributed by atoms with Gasteiger partial charge in [-0.25, -0.2) is 8.78 Å². The first kappa shape index (κ1) is 18.4. The van der Waals surface area contributed by atoms with Crippen molar-refractivity contribution in [3.63, 3.8) is 0 Å². The number of rotatable bonds is 4. The Labute approximate surface area is 146 Å². The maximum Gasteiger partial charge on any atom is 0.416 e. The van der Waals surface area contributed by atoms with Crippen LogP contribution in [0.2, 0.25) is 0 Å². The van der Waals surface area contributed by atoms with Crippen molar-refractivity contribution in [1.29, 1.82) is 0 Å². The third-order valence-electron chi connectivity index (χ3n) is 4.26. The molecule has 3 nitrogen and oxygen atoms in total. The normalized spacial score (nSPS) is 18.5. The average Bonchev–Trinajstić information content (AvgIpc) is 2.82. The lowest BCUT2D eigenvalue weighted by Crippen LogP contribution is -2.23. The zero-order chi connectivity index (χ0) is 19.1. The molecule has 26 heavy (non-hydrogen) atoms. The van der Waals surface area contributed by atoms with Gasteiger partial charge in [-0.05, 0) is 29.8 Å². The minimum absolute atomic E-state index is 0.0243. The Hall–Kier alpha value is -2.35. The molecule has 0 heterocycles. The lowest BCUT2D eigenvalue weighted by Gasteiger charge is -2.18. The predicted molar refractivity (Wildman–Crippen MR) is 82.4 cm³/mol. The Morgan fingerprint density at radius 2 is 1.77 bits per heavy atom. The summed E-state index contributed by atoms with van der Waals surface area (Å²) in [5, 5.41) is 9.70. The van der Waals surface area contributed by atoms with E-state index in [1.54, 1.807) is 24.3 Å². The van der Waals surface area contributed by atoms with Crippen molar-refractivity contribution < 1.29 is 36.5 Å². The Bertz CT molecular complexity index is 800. The molecule has 0 radical (unpaired) electrons. The SMILES string of the molecule is COc1ccc(COc2ccc(C(F)(F)F)c3c2CC(F)(F)[C@H]3O)cc1. The second-order valence-corrected chi connectivity index (χ2v) is 5.98. The zero-order valence-corrected chi connectivity index (χ0v) is 13.6. The van der Waals surface area contributed by atoms with E-state index in [1.165, 1.54) is 7.11 Å². The third kappa shape index (κ3) is 3.33. The highest BCUT2D eigenvalue weighted by molar-refractivity contribution is 5.52. The summed E-state index contributed by atoms with van der Waals surface area (Å²) >= 11 is 0. The van der Waals surface area contributed by atoms with E-state index in [2.05, 4.69) is 0 Å². The smallest absolute Gasteiger partial charge is 0.416 e. The van der Waals surface area contributed by atoms with Crippen molar-refractivity contribution in [2.75, 3.05) is 7.11 Å². The first-order chi connectivity index (χ1) is 12.1. The van der Waals surface area contributed by atoms with Crippen molar-refractivity contribution in [3.05, 3.63) is 58.7 Å². The highest BCUT2D eigenvalue weighted by Crippen LogP contribution is 2.51. The molecule has 0 amide bonds. The third-order valence-corrected chi connectivity index (χ3v) is 4.26. The van der Waals surface area contributed by atoms with Gasteiger partial charge in [0.15, 0.2) is 0 Å². The summed E-state index contributed by atoms with van der Waals surface area (Å²) in [6.07, 6.45) is -8.37. The molecular weight excluding hydrogens is 359 g/mol. The number of fused-ring (bicyclic) bond motifs is 1. The number of aliphatic hydroxyl groups excluding tert-OH is 1. The number of aliphatic hydroxyl groups is 1. The monoisotopic (exact) mass is 374 g/mol. The van der Waals surface area contributed by atoms with Crippen molar-refractivity contribution in [1.82, 2.24) is 0 Å². The minimum Gasteiger partial charge on any atom is -0.497 e. The molecule has 1 atom stereocenters. The Morgan fingerprint density at radius 1 is 1.12 bits per heavy atom. The molecule has 0 bridgehead atoms. The quantitative estimate of drug-likeness (QED) is 0.800. The molecule has 0 fully saturated rings. The molecule has 2 aromatic carbocycles. The first-order valence-electron chi connectivity index (χ1n) is 7.68. The van der Waals surface area contributed by atoms with Crippen LogP contribution in [0.3, 0.4) is 0 Å². The van der Waals surface area contributed by atoms with Gasteiger partial charge in [-0.1, -0.05) is 12.1 Å². The van der Waals surface area contributed by atoms with Gasteiger partial charge in [-0.3, -0.25) is 0 Å². The Kier molecular flexibility index (Phi) is 4.56. The fraction of sp³-hybridized carbons (Fsp3) is 0.333. The van der Waals surface area contributed by atoms with Crippen LogP contribution in [-0.4, -0.2) is 18.1 Å². The summed E-state index contributed by atoms with van der Waals surface area (Å²) < 4.78 is 77.5. The molecule has 0 saturated carbocycles. The number of alkyl halides is 5. The number of ether oxygens (including phenoxy) is 2. The van der Waals surface area contributed by atoms with E-state index in [-0.39, 0.29) is 17.9 Å². The summed E-state index contributed by atoms with van der Waals surface area (Å²) in [6.45, 7) is -0.0243. The molecule has 1 aliphatic rings. The molecule has 3 rings (SSSR count). The number of benzene rings is 2. The second kappa shape index (κ2) is 6.42. The van der Waals surface area contributed by atoms with Crippen LogP contribution in [0.25, 0.3) is 0 Å². The fourth-order valence-electron chi connectivity index (χ4n) is 2.95. The van der Waals surface area contributed by atoms with Crippen molar-refractivity contribution >= 4 is 0 Å². The predicted octanol–water partition coefficient (Wildman–Crippen LogP) is 4.52. The van der Waals surface area contributed by atoms with Gasteiger partial charge in [0.05, 0.1) is 12.7 Å². The van der Waals surface area contributed by atoms with Crippen molar-refractivity contribution in [2.45, 2.75) is 31.2 Å². The van der Waals surface area contributed by atoms with E-state index in [1.807, 2.05) is 0 Å². The standard InChI is InChI=1S/C18H15F5O3/c1-25-11-4-2-10(3-5-11)9-26-14-7-6-13(18(21,22)23)15-12(14)8-17(19,20)16(15)24/h2-7,16,24H,8-9H2,1H3/t16-/m0/s1. The summed E-state index contributed by atoms with van der Waals surface area (Å²) in [4.78, 5) is 0. The largest absolute Gasteiger partial charge is 0.497 e. The molecule has 8 heteroatoms. The number of halogens is 5. The molecule has 0 aromatic heterocycles. The Morgan fingerprint density at radius 3 is 2.35 bits per heavy atom. The van der Waals surface area contributed by atoms with E-state index >= 15 is 0 Å². The molecule has 140 valence electrons. The molecule has 0 saturated heterocycles. The maximum absolute atomic E-state index is 13.8. The van der Waals surface area contributed by atoms with Crippen molar-refractivity contribution in [2.24, 2.45) is 0 Å². The highest BCUT2D eigenvalue weighted by Gasteiger charge is 2.52. The molecule has 0 aliphatic heterocycles. The first-order valence-corrected chi connectivity index (χ1v) is 7.68. The molecule has 0 spiro atoms. The van der Waals surface area contributed by atoms with Crippen LogP contribution in [-0.2, 0) is 19.2 Å². The summed E-state index contributed by atoms with van der Waals surface area (Å²) in [7, 11) is 1.50. The van der Waals surface area contributed by atoms with Crippen molar-refractivity contribution in [3.8, 4) is 11.5 Å². The van der Waals surface area contributed by atoms with Crippen LogP contribution >= 0.6 is 0 Å². The van der Waals surface area contributed by atoms with Crippen LogP contribution in [0.4, 0.5) is 22.0 Å². The second-order valence-electron chi connectivity index (χ2n) is 5.98. The molecule has 2 aromatic rings. The molecule has 0 unspecified atom stereocenters. The molecule has 1 aliphatic carbocycles. The van der Waals surface area contributed by atoms with Gasteiger partial charge in [0.25, 0.3) is 5.92 Å². The molecular formula is C18H15F5O3. The lowest BCUT2D eigenvalue weighted by atomic mass is 10.0. The van der Waals surface area contributed by atoms with E-state index in [0.717, 1.165) is 6.07 Å². The van der Waals surface area contributed by atoms with Crippen LogP contribution in [0.5, 0.6) is 11.5 Å². The fourth-order valence-corrected chi connectivity index (χ4v) is 2.95. The van der Waals surface area contributed by atoms with Gasteiger partial charge < -0.3 is 14.6 Å². The van der Waals surface area contributed by atoms with Crippen LogP contribution in [0.15, 0.2) is 36.4 Å². The van der Waals surface area contributed by atoms with E-state index in [9.17, 15) is 27.1 Å². The lowest BCUT2D eigenvalue weighted by molar-refractivity contribution is -0.142. The van der Waals surface area contributed by atoms with Gasteiger partial charge in [-0.15, -0.1) is 0 Å². The maximum atomic E-state index is 13.8.